The Bertz CT molecular complexity index is 1280. The number of methoxy groups -OCH3 is 1. The highest BCUT2D eigenvalue weighted by Gasteiger charge is 2.26. The van der Waals surface area contributed by atoms with Crippen LogP contribution in [0.4, 0.5) is 5.82 Å². The molecule has 0 bridgehead atoms. The summed E-state index contributed by atoms with van der Waals surface area (Å²) in [5.74, 6) is 1.98. The summed E-state index contributed by atoms with van der Waals surface area (Å²) in [4.78, 5) is 28.7. The molecule has 0 radical (unpaired) electrons. The number of nitrogens with two attached hydrogens (primary N) is 1. The fourth-order valence-electron chi connectivity index (χ4n) is 5.05. The number of hydrogen-bond acceptors (Lipinski definition) is 7. The number of fused-ring (bicyclic) bond motifs is 2. The van der Waals surface area contributed by atoms with Crippen molar-refractivity contribution in [1.29, 1.82) is 0 Å². The van der Waals surface area contributed by atoms with Gasteiger partial charge in [0.2, 0.25) is 0 Å². The monoisotopic (exact) mass is 477 g/mol. The van der Waals surface area contributed by atoms with Crippen LogP contribution in [0.15, 0.2) is 47.3 Å². The zero-order valence-electron chi connectivity index (χ0n) is 19.8. The number of nitrogens with zero attached hydrogens (tertiary/aromatic N) is 2. The van der Waals surface area contributed by atoms with Gasteiger partial charge in [-0.1, -0.05) is 0 Å². The third kappa shape index (κ3) is 5.16. The third-order valence-electron chi connectivity index (χ3n) is 7.07. The second-order valence-corrected chi connectivity index (χ2v) is 9.35. The first-order valence-corrected chi connectivity index (χ1v) is 12.1. The minimum absolute atomic E-state index is 0.0287. The molecule has 0 spiro atoms. The molecule has 1 atom stereocenters. The Morgan fingerprint density at radius 2 is 1.97 bits per heavy atom. The van der Waals surface area contributed by atoms with Crippen LogP contribution in [0.2, 0.25) is 0 Å². The van der Waals surface area contributed by atoms with Crippen molar-refractivity contribution in [2.45, 2.75) is 50.9 Å². The normalized spacial score (nSPS) is 20.6. The fraction of sp³-hybridized carbons (Fsp3) is 0.423. The minimum Gasteiger partial charge on any atom is -0.497 e. The van der Waals surface area contributed by atoms with E-state index in [-0.39, 0.29) is 24.1 Å². The van der Waals surface area contributed by atoms with Gasteiger partial charge in [-0.15, -0.1) is 0 Å². The molecular formula is C26H31N5O4. The lowest BCUT2D eigenvalue weighted by Crippen LogP contribution is -2.42. The van der Waals surface area contributed by atoms with Crippen LogP contribution in [0.1, 0.15) is 31.4 Å². The van der Waals surface area contributed by atoms with E-state index >= 15 is 0 Å². The Morgan fingerprint density at radius 1 is 1.17 bits per heavy atom. The van der Waals surface area contributed by atoms with E-state index in [1.807, 2.05) is 36.4 Å². The topological polar surface area (TPSA) is 121 Å². The van der Waals surface area contributed by atoms with E-state index in [0.29, 0.717) is 36.6 Å². The van der Waals surface area contributed by atoms with Crippen molar-refractivity contribution in [2.24, 2.45) is 11.7 Å². The second kappa shape index (κ2) is 10.1. The molecule has 2 aliphatic rings. The van der Waals surface area contributed by atoms with Gasteiger partial charge in [0.25, 0.3) is 11.5 Å². The van der Waals surface area contributed by atoms with Gasteiger partial charge < -0.3 is 30.4 Å². The van der Waals surface area contributed by atoms with Crippen LogP contribution >= 0.6 is 0 Å². The number of ether oxygens (including phenoxy) is 2. The fourth-order valence-corrected chi connectivity index (χ4v) is 5.05. The third-order valence-corrected chi connectivity index (χ3v) is 7.07. The number of rotatable bonds is 7. The molecule has 2 aromatic heterocycles. The van der Waals surface area contributed by atoms with E-state index in [0.717, 1.165) is 48.0 Å². The number of carbonyl (C=O) groups excluding carboxylic acids is 1. The van der Waals surface area contributed by atoms with Crippen LogP contribution in [0.5, 0.6) is 11.5 Å². The Morgan fingerprint density at radius 3 is 2.77 bits per heavy atom. The first-order chi connectivity index (χ1) is 17.0. The maximum atomic E-state index is 12.7. The molecule has 1 aliphatic carbocycles. The van der Waals surface area contributed by atoms with E-state index < -0.39 is 0 Å². The number of benzene rings is 1. The SMILES string of the molecule is COc1ccc2ccc(=O)n(CC(N)C3CCC(NCc4ccc5c(n4)NC(=O)CO5)CC3)c2c1. The molecule has 3 aromatic rings. The van der Waals surface area contributed by atoms with Crippen molar-refractivity contribution in [1.82, 2.24) is 14.9 Å². The minimum atomic E-state index is -0.185. The van der Waals surface area contributed by atoms with Gasteiger partial charge in [0, 0.05) is 37.3 Å². The zero-order chi connectivity index (χ0) is 24.4. The van der Waals surface area contributed by atoms with Crippen molar-refractivity contribution >= 4 is 22.6 Å². The lowest BCUT2D eigenvalue weighted by Gasteiger charge is -2.33. The molecule has 9 heteroatoms. The number of nitrogens with one attached hydrogen (secondary N) is 2. The Labute approximate surface area is 203 Å². The highest BCUT2D eigenvalue weighted by Crippen LogP contribution is 2.29. The Kier molecular flexibility index (Phi) is 6.70. The molecule has 184 valence electrons. The van der Waals surface area contributed by atoms with Crippen LogP contribution in [0, 0.1) is 5.92 Å². The molecule has 1 aliphatic heterocycles. The van der Waals surface area contributed by atoms with Crippen molar-refractivity contribution < 1.29 is 14.3 Å². The lowest BCUT2D eigenvalue weighted by molar-refractivity contribution is -0.118. The van der Waals surface area contributed by atoms with Gasteiger partial charge in [0.05, 0.1) is 18.3 Å². The number of aromatic nitrogens is 2. The van der Waals surface area contributed by atoms with Gasteiger partial charge >= 0.3 is 0 Å². The van der Waals surface area contributed by atoms with Gasteiger partial charge in [-0.3, -0.25) is 9.59 Å². The predicted molar refractivity (Wildman–Crippen MR) is 134 cm³/mol. The number of anilines is 1. The lowest BCUT2D eigenvalue weighted by atomic mass is 9.81. The highest BCUT2D eigenvalue weighted by atomic mass is 16.5. The average molecular weight is 478 g/mol. The molecule has 5 rings (SSSR count). The molecule has 3 heterocycles. The standard InChI is InChI=1S/C26H31N5O4/c1-34-20-9-4-17-5-11-25(33)31(22(17)12-20)14-21(27)16-2-6-18(7-3-16)28-13-19-8-10-23-26(29-19)30-24(32)15-35-23/h4-5,8-12,16,18,21,28H,2-3,6-7,13-15,27H2,1H3,(H,29,30,32). The summed E-state index contributed by atoms with van der Waals surface area (Å²) in [7, 11) is 1.62. The molecule has 9 nitrogen and oxygen atoms in total. The number of carbonyl (C=O) groups is 1. The molecule has 35 heavy (non-hydrogen) atoms. The van der Waals surface area contributed by atoms with Gasteiger partial charge in [-0.25, -0.2) is 4.98 Å². The Hall–Kier alpha value is -3.43. The quantitative estimate of drug-likeness (QED) is 0.478. The maximum absolute atomic E-state index is 12.7. The summed E-state index contributed by atoms with van der Waals surface area (Å²) in [6.07, 6.45) is 4.04. The van der Waals surface area contributed by atoms with Gasteiger partial charge in [0.15, 0.2) is 18.2 Å². The van der Waals surface area contributed by atoms with Crippen molar-refractivity contribution in [3.63, 3.8) is 0 Å². The van der Waals surface area contributed by atoms with Gasteiger partial charge in [-0.05, 0) is 67.3 Å². The summed E-state index contributed by atoms with van der Waals surface area (Å²) in [5.41, 5.74) is 8.29. The molecule has 1 saturated carbocycles. The van der Waals surface area contributed by atoms with Gasteiger partial charge in [0.1, 0.15) is 5.75 Å². The molecular weight excluding hydrogens is 446 g/mol. The summed E-state index contributed by atoms with van der Waals surface area (Å²) in [5, 5.41) is 7.33. The van der Waals surface area contributed by atoms with E-state index in [1.165, 1.54) is 0 Å². The number of pyridine rings is 2. The second-order valence-electron chi connectivity index (χ2n) is 9.35. The first-order valence-electron chi connectivity index (χ1n) is 12.1. The summed E-state index contributed by atoms with van der Waals surface area (Å²) < 4.78 is 12.5. The first kappa shape index (κ1) is 23.3. The van der Waals surface area contributed by atoms with Crippen LogP contribution < -0.4 is 31.4 Å². The largest absolute Gasteiger partial charge is 0.497 e. The molecule has 1 aromatic carbocycles. The maximum Gasteiger partial charge on any atom is 0.263 e. The van der Waals surface area contributed by atoms with Crippen LogP contribution in [-0.2, 0) is 17.9 Å². The summed E-state index contributed by atoms with van der Waals surface area (Å²) in [6, 6.07) is 13.3. The van der Waals surface area contributed by atoms with Crippen molar-refractivity contribution in [2.75, 3.05) is 19.0 Å². The van der Waals surface area contributed by atoms with E-state index in [9.17, 15) is 9.59 Å². The molecule has 1 amide bonds. The van der Waals surface area contributed by atoms with E-state index in [4.69, 9.17) is 15.2 Å². The van der Waals surface area contributed by atoms with Crippen molar-refractivity contribution in [3.8, 4) is 11.5 Å². The smallest absolute Gasteiger partial charge is 0.263 e. The molecule has 1 unspecified atom stereocenters. The predicted octanol–water partition coefficient (Wildman–Crippen LogP) is 2.41. The average Bonchev–Trinajstić information content (AvgIpc) is 2.88. The number of hydrogen-bond donors (Lipinski definition) is 3. The van der Waals surface area contributed by atoms with Gasteiger partial charge in [-0.2, -0.15) is 0 Å². The molecule has 4 N–H and O–H groups in total. The molecule has 0 saturated heterocycles. The van der Waals surface area contributed by atoms with Crippen LogP contribution in [-0.4, -0.2) is 41.3 Å². The van der Waals surface area contributed by atoms with Crippen molar-refractivity contribution in [3.05, 3.63) is 58.5 Å². The number of amides is 1. The van der Waals surface area contributed by atoms with E-state index in [1.54, 1.807) is 17.7 Å². The van der Waals surface area contributed by atoms with E-state index in [2.05, 4.69) is 15.6 Å². The summed E-state index contributed by atoms with van der Waals surface area (Å²) in [6.45, 7) is 1.14. The highest BCUT2D eigenvalue weighted by molar-refractivity contribution is 5.94. The van der Waals surface area contributed by atoms with Crippen LogP contribution in [0.3, 0.4) is 0 Å². The molecule has 1 fully saturated rings. The Balaban J connectivity index is 1.17. The van der Waals surface area contributed by atoms with Crippen LogP contribution in [0.25, 0.3) is 10.9 Å². The summed E-state index contributed by atoms with van der Waals surface area (Å²) >= 11 is 0. The zero-order valence-corrected chi connectivity index (χ0v) is 19.8.